The van der Waals surface area contributed by atoms with Crippen LogP contribution in [0.25, 0.3) is 22.0 Å². The fourth-order valence-electron chi connectivity index (χ4n) is 6.01. The van der Waals surface area contributed by atoms with E-state index in [-0.39, 0.29) is 16.9 Å². The van der Waals surface area contributed by atoms with Crippen LogP contribution in [0.15, 0.2) is 103 Å². The highest BCUT2D eigenvalue weighted by molar-refractivity contribution is 6.07. The Morgan fingerprint density at radius 1 is 0.833 bits per heavy atom. The summed E-state index contributed by atoms with van der Waals surface area (Å²) in [6.45, 7) is 4.42. The molecule has 0 radical (unpaired) electrons. The normalized spacial score (nSPS) is 15.3. The predicted molar refractivity (Wildman–Crippen MR) is 163 cm³/mol. The second kappa shape index (κ2) is 10.5. The first kappa shape index (κ1) is 26.0. The molecular weight excluding hydrogens is 526 g/mol. The average Bonchev–Trinajstić information content (AvgIpc) is 3.37. The quantitative estimate of drug-likeness (QED) is 0.251. The highest BCUT2D eigenvalue weighted by Gasteiger charge is 2.49. The summed E-state index contributed by atoms with van der Waals surface area (Å²) in [7, 11) is 0. The standard InChI is InChI=1S/C35H31N3O4/c39-33(36-18-24-6-12-28(13-7-24)34(40)41)31-17-30(38-20-35(21-38)22-42-23-35)16-29-14-15-37(32(29)31)19-25-8-10-27(11-9-25)26-4-2-1-3-5-26/h1-17H,18-23H2,(H,36,39)(H,40,41). The molecule has 5 aromatic rings. The number of rotatable bonds is 8. The Bertz CT molecular complexity index is 1760. The minimum atomic E-state index is -0.971. The van der Waals surface area contributed by atoms with E-state index >= 15 is 0 Å². The molecule has 2 aliphatic rings. The van der Waals surface area contributed by atoms with Crippen LogP contribution in [0.2, 0.25) is 0 Å². The number of carbonyl (C=O) groups is 2. The highest BCUT2D eigenvalue weighted by Crippen LogP contribution is 2.41. The smallest absolute Gasteiger partial charge is 0.335 e. The Hall–Kier alpha value is -4.88. The van der Waals surface area contributed by atoms with Crippen LogP contribution in [0.1, 0.15) is 31.8 Å². The molecule has 0 unspecified atom stereocenters. The summed E-state index contributed by atoms with van der Waals surface area (Å²) in [5.41, 5.74) is 7.38. The first-order valence-corrected chi connectivity index (χ1v) is 14.2. The van der Waals surface area contributed by atoms with Gasteiger partial charge in [-0.05, 0) is 52.6 Å². The first-order chi connectivity index (χ1) is 20.5. The fourth-order valence-corrected chi connectivity index (χ4v) is 6.01. The number of anilines is 1. The second-order valence-corrected chi connectivity index (χ2v) is 11.5. The third-order valence-electron chi connectivity index (χ3n) is 8.39. The fraction of sp³-hybridized carbons (Fsp3) is 0.200. The van der Waals surface area contributed by atoms with Gasteiger partial charge in [-0.1, -0.05) is 66.7 Å². The van der Waals surface area contributed by atoms with Gasteiger partial charge in [0.25, 0.3) is 5.91 Å². The molecule has 210 valence electrons. The molecule has 2 fully saturated rings. The van der Waals surface area contributed by atoms with E-state index in [4.69, 9.17) is 4.74 Å². The lowest BCUT2D eigenvalue weighted by Crippen LogP contribution is -2.66. The van der Waals surface area contributed by atoms with Gasteiger partial charge >= 0.3 is 5.97 Å². The minimum Gasteiger partial charge on any atom is -0.478 e. The summed E-state index contributed by atoms with van der Waals surface area (Å²) in [5, 5.41) is 13.3. The molecule has 3 heterocycles. The number of amides is 1. The van der Waals surface area contributed by atoms with Gasteiger partial charge in [-0.3, -0.25) is 4.79 Å². The Morgan fingerprint density at radius 2 is 1.52 bits per heavy atom. The number of carboxylic acid groups (broad SMARTS) is 1. The summed E-state index contributed by atoms with van der Waals surface area (Å²) in [4.78, 5) is 27.3. The Morgan fingerprint density at radius 3 is 2.19 bits per heavy atom. The summed E-state index contributed by atoms with van der Waals surface area (Å²) in [6.07, 6.45) is 2.05. The molecule has 2 saturated heterocycles. The molecule has 4 aromatic carbocycles. The van der Waals surface area contributed by atoms with Crippen LogP contribution in [-0.2, 0) is 17.8 Å². The molecule has 1 amide bonds. The molecule has 7 heteroatoms. The van der Waals surface area contributed by atoms with E-state index in [1.165, 1.54) is 11.1 Å². The number of fused-ring (bicyclic) bond motifs is 1. The van der Waals surface area contributed by atoms with E-state index in [1.807, 2.05) is 24.3 Å². The molecule has 7 nitrogen and oxygen atoms in total. The number of hydrogen-bond acceptors (Lipinski definition) is 4. The van der Waals surface area contributed by atoms with Gasteiger partial charge in [0.1, 0.15) is 0 Å². The van der Waals surface area contributed by atoms with E-state index in [0.717, 1.165) is 54.0 Å². The van der Waals surface area contributed by atoms with E-state index < -0.39 is 5.97 Å². The zero-order valence-corrected chi connectivity index (χ0v) is 23.1. The van der Waals surface area contributed by atoms with Crippen molar-refractivity contribution in [3.05, 3.63) is 126 Å². The van der Waals surface area contributed by atoms with Crippen molar-refractivity contribution in [1.82, 2.24) is 9.88 Å². The van der Waals surface area contributed by atoms with E-state index in [0.29, 0.717) is 18.7 Å². The number of nitrogens with zero attached hydrogens (tertiary/aromatic N) is 2. The Balaban J connectivity index is 1.17. The molecule has 2 aliphatic heterocycles. The molecule has 0 aliphatic carbocycles. The third-order valence-corrected chi connectivity index (χ3v) is 8.39. The number of carboxylic acids is 1. The van der Waals surface area contributed by atoms with Crippen LogP contribution < -0.4 is 10.2 Å². The lowest BCUT2D eigenvalue weighted by atomic mass is 9.77. The Labute approximate surface area is 244 Å². The SMILES string of the molecule is O=C(O)c1ccc(CNC(=O)c2cc(N3CC4(COC4)C3)cc3ccn(Cc4ccc(-c5ccccc5)cc4)c23)cc1. The molecule has 2 N–H and O–H groups in total. The number of ether oxygens (including phenoxy) is 1. The summed E-state index contributed by atoms with van der Waals surface area (Å²) in [6, 6.07) is 31.7. The molecule has 0 bridgehead atoms. The number of carbonyl (C=O) groups excluding carboxylic acids is 1. The number of nitrogens with one attached hydrogen (secondary N) is 1. The van der Waals surface area contributed by atoms with Crippen LogP contribution in [0.4, 0.5) is 5.69 Å². The van der Waals surface area contributed by atoms with Crippen molar-refractivity contribution in [2.45, 2.75) is 13.1 Å². The Kier molecular flexibility index (Phi) is 6.52. The molecule has 7 rings (SSSR count). The number of hydrogen-bond donors (Lipinski definition) is 2. The van der Waals surface area contributed by atoms with Crippen molar-refractivity contribution in [1.29, 1.82) is 0 Å². The monoisotopic (exact) mass is 557 g/mol. The van der Waals surface area contributed by atoms with Gasteiger partial charge in [0, 0.05) is 43.4 Å². The van der Waals surface area contributed by atoms with Crippen molar-refractivity contribution >= 4 is 28.5 Å². The number of aromatic nitrogens is 1. The van der Waals surface area contributed by atoms with E-state index in [2.05, 4.69) is 69.5 Å². The highest BCUT2D eigenvalue weighted by atomic mass is 16.5. The van der Waals surface area contributed by atoms with Crippen LogP contribution in [0, 0.1) is 5.41 Å². The maximum absolute atomic E-state index is 13.7. The molecule has 0 saturated carbocycles. The van der Waals surface area contributed by atoms with Crippen molar-refractivity contribution < 1.29 is 19.4 Å². The van der Waals surface area contributed by atoms with Crippen molar-refractivity contribution in [2.24, 2.45) is 5.41 Å². The maximum Gasteiger partial charge on any atom is 0.335 e. The van der Waals surface area contributed by atoms with Gasteiger partial charge in [-0.2, -0.15) is 0 Å². The van der Waals surface area contributed by atoms with Crippen LogP contribution in [0.3, 0.4) is 0 Å². The molecule has 0 atom stereocenters. The van der Waals surface area contributed by atoms with Gasteiger partial charge in [0.2, 0.25) is 0 Å². The van der Waals surface area contributed by atoms with Crippen LogP contribution in [-0.4, -0.2) is 47.9 Å². The molecule has 1 aromatic heterocycles. The molecule has 1 spiro atoms. The van der Waals surface area contributed by atoms with Gasteiger partial charge in [0.15, 0.2) is 0 Å². The largest absolute Gasteiger partial charge is 0.478 e. The predicted octanol–water partition coefficient (Wildman–Crippen LogP) is 5.82. The maximum atomic E-state index is 13.7. The third kappa shape index (κ3) is 4.92. The van der Waals surface area contributed by atoms with Crippen LogP contribution in [0.5, 0.6) is 0 Å². The first-order valence-electron chi connectivity index (χ1n) is 14.2. The second-order valence-electron chi connectivity index (χ2n) is 11.5. The summed E-state index contributed by atoms with van der Waals surface area (Å²) < 4.78 is 7.60. The van der Waals surface area contributed by atoms with E-state index in [9.17, 15) is 14.7 Å². The van der Waals surface area contributed by atoms with Crippen LogP contribution >= 0.6 is 0 Å². The van der Waals surface area contributed by atoms with Crippen molar-refractivity contribution in [2.75, 3.05) is 31.2 Å². The lowest BCUT2D eigenvalue weighted by Gasteiger charge is -2.56. The minimum absolute atomic E-state index is 0.161. The van der Waals surface area contributed by atoms with Gasteiger partial charge in [-0.15, -0.1) is 0 Å². The topological polar surface area (TPSA) is 83.8 Å². The molecular formula is C35H31N3O4. The summed E-state index contributed by atoms with van der Waals surface area (Å²) in [5.74, 6) is -1.13. The van der Waals surface area contributed by atoms with Gasteiger partial charge in [0.05, 0.1) is 35.3 Å². The lowest BCUT2D eigenvalue weighted by molar-refractivity contribution is -0.127. The van der Waals surface area contributed by atoms with E-state index in [1.54, 1.807) is 24.3 Å². The zero-order chi connectivity index (χ0) is 28.7. The van der Waals surface area contributed by atoms with Gasteiger partial charge < -0.3 is 24.6 Å². The average molecular weight is 558 g/mol. The number of benzene rings is 4. The summed E-state index contributed by atoms with van der Waals surface area (Å²) >= 11 is 0. The van der Waals surface area contributed by atoms with Gasteiger partial charge in [-0.25, -0.2) is 4.79 Å². The van der Waals surface area contributed by atoms with Crippen molar-refractivity contribution in [3.63, 3.8) is 0 Å². The molecule has 42 heavy (non-hydrogen) atoms. The van der Waals surface area contributed by atoms with Crippen molar-refractivity contribution in [3.8, 4) is 11.1 Å². The zero-order valence-electron chi connectivity index (χ0n) is 23.1. The number of aromatic carboxylic acids is 1.